The van der Waals surface area contributed by atoms with Crippen molar-refractivity contribution in [1.29, 1.82) is 0 Å². The molecule has 2 aromatic carbocycles. The summed E-state index contributed by atoms with van der Waals surface area (Å²) in [5.74, 6) is -0.851. The van der Waals surface area contributed by atoms with Gasteiger partial charge in [-0.05, 0) is 99.0 Å². The predicted octanol–water partition coefficient (Wildman–Crippen LogP) is 5.10. The summed E-state index contributed by atoms with van der Waals surface area (Å²) in [5, 5.41) is 22.5. The van der Waals surface area contributed by atoms with E-state index in [1.54, 1.807) is 29.0 Å². The molecule has 0 atom stereocenters. The van der Waals surface area contributed by atoms with Gasteiger partial charge in [-0.3, -0.25) is 9.59 Å². The number of benzene rings is 2. The summed E-state index contributed by atoms with van der Waals surface area (Å²) < 4.78 is 21.9. The van der Waals surface area contributed by atoms with Gasteiger partial charge in [0.2, 0.25) is 5.88 Å². The SMILES string of the molecule is O=C(N[C@H]1CC[C@H](NC(=O)c2cnn3cccnc23)CC1)c1cc(F)cnc1Oc1cccc(-c2ccc(CCCNCCCO)cc2)c1. The lowest BCUT2D eigenvalue weighted by molar-refractivity contribution is 0.0890. The lowest BCUT2D eigenvalue weighted by Crippen LogP contribution is -2.43. The molecular weight excluding hydrogens is 625 g/mol. The highest BCUT2D eigenvalue weighted by Crippen LogP contribution is 2.29. The number of nitrogens with zero attached hydrogens (tertiary/aromatic N) is 4. The van der Waals surface area contributed by atoms with Crippen molar-refractivity contribution in [1.82, 2.24) is 35.5 Å². The number of hydrogen-bond acceptors (Lipinski definition) is 8. The number of carbonyl (C=O) groups excluding carboxylic acids is 2. The highest BCUT2D eigenvalue weighted by atomic mass is 19.1. The third-order valence-electron chi connectivity index (χ3n) is 8.65. The first-order valence-electron chi connectivity index (χ1n) is 16.7. The number of hydrogen-bond donors (Lipinski definition) is 4. The average molecular weight is 666 g/mol. The number of nitrogens with one attached hydrogen (secondary N) is 3. The van der Waals surface area contributed by atoms with E-state index in [-0.39, 0.29) is 36.0 Å². The molecule has 1 aliphatic rings. The van der Waals surface area contributed by atoms with Gasteiger partial charge < -0.3 is 25.8 Å². The Balaban J connectivity index is 1.03. The van der Waals surface area contributed by atoms with Crippen LogP contribution in [0.2, 0.25) is 0 Å². The van der Waals surface area contributed by atoms with Gasteiger partial charge in [-0.25, -0.2) is 18.9 Å². The molecule has 49 heavy (non-hydrogen) atoms. The fraction of sp³-hybridized carbons (Fsp3) is 0.324. The molecule has 3 aromatic heterocycles. The van der Waals surface area contributed by atoms with Gasteiger partial charge in [0.25, 0.3) is 11.8 Å². The molecule has 0 spiro atoms. The molecular formula is C37H40FN7O4. The first-order valence-corrected chi connectivity index (χ1v) is 16.7. The van der Waals surface area contributed by atoms with Gasteiger partial charge in [0.05, 0.1) is 12.4 Å². The second-order valence-corrected chi connectivity index (χ2v) is 12.2. The number of fused-ring (bicyclic) bond motifs is 1. The Morgan fingerprint density at radius 1 is 0.857 bits per heavy atom. The highest BCUT2D eigenvalue weighted by Gasteiger charge is 2.27. The van der Waals surface area contributed by atoms with E-state index in [1.165, 1.54) is 11.8 Å². The Hall–Kier alpha value is -5.20. The van der Waals surface area contributed by atoms with E-state index >= 15 is 0 Å². The Kier molecular flexibility index (Phi) is 11.2. The first-order chi connectivity index (χ1) is 24.0. The van der Waals surface area contributed by atoms with Crippen LogP contribution >= 0.6 is 0 Å². The van der Waals surface area contributed by atoms with Crippen LogP contribution in [0, 0.1) is 5.82 Å². The molecule has 254 valence electrons. The molecule has 2 amide bonds. The Morgan fingerprint density at radius 2 is 1.59 bits per heavy atom. The molecule has 0 radical (unpaired) electrons. The predicted molar refractivity (Wildman–Crippen MR) is 183 cm³/mol. The molecule has 5 aromatic rings. The van der Waals surface area contributed by atoms with Crippen LogP contribution in [0.15, 0.2) is 85.5 Å². The Bertz CT molecular complexity index is 1870. The molecule has 3 heterocycles. The van der Waals surface area contributed by atoms with Crippen LogP contribution < -0.4 is 20.7 Å². The molecule has 12 heteroatoms. The van der Waals surface area contributed by atoms with Gasteiger partial charge in [0, 0.05) is 31.1 Å². The third-order valence-corrected chi connectivity index (χ3v) is 8.65. The minimum atomic E-state index is -0.638. The number of aliphatic hydroxyl groups excluding tert-OH is 1. The molecule has 0 bridgehead atoms. The minimum Gasteiger partial charge on any atom is -0.438 e. The van der Waals surface area contributed by atoms with Crippen LogP contribution in [-0.2, 0) is 6.42 Å². The summed E-state index contributed by atoms with van der Waals surface area (Å²) in [6.45, 7) is 1.93. The van der Waals surface area contributed by atoms with E-state index in [0.29, 0.717) is 42.6 Å². The highest BCUT2D eigenvalue weighted by molar-refractivity contribution is 5.99. The van der Waals surface area contributed by atoms with Crippen LogP contribution in [0.1, 0.15) is 64.8 Å². The van der Waals surface area contributed by atoms with Gasteiger partial charge in [0.1, 0.15) is 22.7 Å². The number of aromatic nitrogens is 4. The smallest absolute Gasteiger partial charge is 0.257 e. The fourth-order valence-corrected chi connectivity index (χ4v) is 6.03. The van der Waals surface area contributed by atoms with Crippen molar-refractivity contribution in [3.05, 3.63) is 108 Å². The Morgan fingerprint density at radius 3 is 2.35 bits per heavy atom. The van der Waals surface area contributed by atoms with Gasteiger partial charge in [0.15, 0.2) is 5.65 Å². The van der Waals surface area contributed by atoms with E-state index < -0.39 is 11.7 Å². The van der Waals surface area contributed by atoms with Crippen molar-refractivity contribution in [3.8, 4) is 22.8 Å². The van der Waals surface area contributed by atoms with Gasteiger partial charge in [-0.15, -0.1) is 0 Å². The van der Waals surface area contributed by atoms with Crippen molar-refractivity contribution < 1.29 is 23.8 Å². The van der Waals surface area contributed by atoms with Gasteiger partial charge >= 0.3 is 0 Å². The van der Waals surface area contributed by atoms with Crippen molar-refractivity contribution in [3.63, 3.8) is 0 Å². The number of carbonyl (C=O) groups is 2. The van der Waals surface area contributed by atoms with Crippen molar-refractivity contribution >= 4 is 17.5 Å². The maximum Gasteiger partial charge on any atom is 0.257 e. The van der Waals surface area contributed by atoms with Crippen LogP contribution in [0.4, 0.5) is 4.39 Å². The number of ether oxygens (including phenoxy) is 1. The monoisotopic (exact) mass is 665 g/mol. The first kappa shape index (κ1) is 33.7. The quantitative estimate of drug-likeness (QED) is 0.120. The summed E-state index contributed by atoms with van der Waals surface area (Å²) >= 11 is 0. The molecule has 6 rings (SSSR count). The maximum atomic E-state index is 14.3. The largest absolute Gasteiger partial charge is 0.438 e. The zero-order chi connectivity index (χ0) is 34.0. The summed E-state index contributed by atoms with van der Waals surface area (Å²) in [6, 6.07) is 18.5. The topological polar surface area (TPSA) is 143 Å². The lowest BCUT2D eigenvalue weighted by atomic mass is 9.91. The normalized spacial score (nSPS) is 16.0. The molecule has 1 aliphatic carbocycles. The number of pyridine rings is 1. The summed E-state index contributed by atoms with van der Waals surface area (Å²) in [7, 11) is 0. The fourth-order valence-electron chi connectivity index (χ4n) is 6.03. The molecule has 1 saturated carbocycles. The molecule has 0 unspecified atom stereocenters. The zero-order valence-corrected chi connectivity index (χ0v) is 27.1. The van der Waals surface area contributed by atoms with E-state index in [1.807, 2.05) is 18.2 Å². The molecule has 1 fully saturated rings. The second-order valence-electron chi connectivity index (χ2n) is 12.2. The van der Waals surface area contributed by atoms with Crippen molar-refractivity contribution in [2.24, 2.45) is 0 Å². The summed E-state index contributed by atoms with van der Waals surface area (Å²) in [4.78, 5) is 34.6. The standard InChI is InChI=1S/C37H40FN7O4/c38-28-22-32(35(47)43-29-12-14-30(15-13-29)44-36(48)33-24-42-45-19-3-18-40-34(33)45)37(41-23-28)49-31-7-1-6-27(21-31)26-10-8-25(9-11-26)5-2-16-39-17-4-20-46/h1,3,6-11,18-19,21-24,29-30,39,46H,2,4-5,12-17,20H2,(H,43,47)(H,44,48)/t29-,30-. The summed E-state index contributed by atoms with van der Waals surface area (Å²) in [5.41, 5.74) is 4.11. The zero-order valence-electron chi connectivity index (χ0n) is 27.1. The van der Waals surface area contributed by atoms with Crippen molar-refractivity contribution in [2.75, 3.05) is 19.7 Å². The maximum absolute atomic E-state index is 14.3. The van der Waals surface area contributed by atoms with Crippen LogP contribution in [0.3, 0.4) is 0 Å². The average Bonchev–Trinajstić information content (AvgIpc) is 3.56. The molecule has 4 N–H and O–H groups in total. The van der Waals surface area contributed by atoms with E-state index in [9.17, 15) is 14.0 Å². The van der Waals surface area contributed by atoms with Crippen LogP contribution in [0.25, 0.3) is 16.8 Å². The van der Waals surface area contributed by atoms with Gasteiger partial charge in [-0.1, -0.05) is 36.4 Å². The minimum absolute atomic E-state index is 0.0108. The van der Waals surface area contributed by atoms with Gasteiger partial charge in [-0.2, -0.15) is 5.10 Å². The summed E-state index contributed by atoms with van der Waals surface area (Å²) in [6.07, 6.45) is 11.3. The number of amides is 2. The van der Waals surface area contributed by atoms with Crippen LogP contribution in [-0.4, -0.2) is 68.3 Å². The molecule has 11 nitrogen and oxygen atoms in total. The second kappa shape index (κ2) is 16.3. The molecule has 0 saturated heterocycles. The van der Waals surface area contributed by atoms with E-state index in [2.05, 4.69) is 55.3 Å². The number of aliphatic hydroxyl groups is 1. The van der Waals surface area contributed by atoms with Crippen molar-refractivity contribution in [2.45, 2.75) is 57.0 Å². The number of aryl methyl sites for hydroxylation is 1. The lowest BCUT2D eigenvalue weighted by Gasteiger charge is -2.29. The number of rotatable bonds is 14. The number of halogens is 1. The Labute approximate surface area is 283 Å². The molecule has 0 aliphatic heterocycles. The van der Waals surface area contributed by atoms with E-state index in [0.717, 1.165) is 55.7 Å². The van der Waals surface area contributed by atoms with E-state index in [4.69, 9.17) is 9.84 Å². The van der Waals surface area contributed by atoms with Crippen LogP contribution in [0.5, 0.6) is 11.6 Å². The third kappa shape index (κ3) is 8.84.